The fourth-order valence-electron chi connectivity index (χ4n) is 1.46. The van der Waals surface area contributed by atoms with Crippen molar-refractivity contribution in [2.75, 3.05) is 0 Å². The standard InChI is InChI=1S/C12H16Cl/c1-8(2)11-6-5-10(13)7-12(11)9(3)4/h5-8H,1-4H3. The third kappa shape index (κ3) is 2.47. The van der Waals surface area contributed by atoms with Crippen molar-refractivity contribution in [2.45, 2.75) is 33.6 Å². The van der Waals surface area contributed by atoms with Crippen LogP contribution in [0.25, 0.3) is 0 Å². The first-order chi connectivity index (χ1) is 6.02. The van der Waals surface area contributed by atoms with Crippen molar-refractivity contribution in [3.8, 4) is 0 Å². The molecule has 0 nitrogen and oxygen atoms in total. The van der Waals surface area contributed by atoms with E-state index in [2.05, 4.69) is 33.8 Å². The van der Waals surface area contributed by atoms with E-state index in [1.807, 2.05) is 12.1 Å². The lowest BCUT2D eigenvalue weighted by atomic mass is 9.91. The molecule has 1 radical (unpaired) electrons. The second kappa shape index (κ2) is 4.15. The van der Waals surface area contributed by atoms with Crippen LogP contribution in [0.2, 0.25) is 5.02 Å². The predicted molar refractivity (Wildman–Crippen MR) is 59.2 cm³/mol. The fraction of sp³-hybridized carbons (Fsp3) is 0.417. The molecule has 0 saturated carbocycles. The van der Waals surface area contributed by atoms with Gasteiger partial charge in [0.25, 0.3) is 0 Å². The zero-order chi connectivity index (χ0) is 10.0. The van der Waals surface area contributed by atoms with Gasteiger partial charge in [-0.05, 0) is 35.1 Å². The van der Waals surface area contributed by atoms with Gasteiger partial charge in [0.2, 0.25) is 0 Å². The van der Waals surface area contributed by atoms with Crippen molar-refractivity contribution in [2.24, 2.45) is 0 Å². The second-order valence-corrected chi connectivity index (χ2v) is 4.32. The number of halogens is 1. The summed E-state index contributed by atoms with van der Waals surface area (Å²) in [6.07, 6.45) is 0. The van der Waals surface area contributed by atoms with Crippen LogP contribution >= 0.6 is 11.6 Å². The summed E-state index contributed by atoms with van der Waals surface area (Å²) in [5, 5.41) is 0.820. The molecule has 0 bridgehead atoms. The number of benzene rings is 1. The Bertz CT molecular complexity index is 287. The second-order valence-electron chi connectivity index (χ2n) is 3.89. The summed E-state index contributed by atoms with van der Waals surface area (Å²) in [6.45, 7) is 8.65. The molecule has 0 aliphatic carbocycles. The largest absolute Gasteiger partial charge is 0.0843 e. The van der Waals surface area contributed by atoms with E-state index in [4.69, 9.17) is 11.6 Å². The average molecular weight is 196 g/mol. The van der Waals surface area contributed by atoms with Gasteiger partial charge < -0.3 is 0 Å². The molecular weight excluding hydrogens is 180 g/mol. The lowest BCUT2D eigenvalue weighted by Gasteiger charge is -2.15. The first-order valence-electron chi connectivity index (χ1n) is 4.62. The molecule has 0 aromatic heterocycles. The maximum absolute atomic E-state index is 5.95. The Morgan fingerprint density at radius 1 is 1.23 bits per heavy atom. The van der Waals surface area contributed by atoms with Crippen molar-refractivity contribution in [1.29, 1.82) is 0 Å². The van der Waals surface area contributed by atoms with Gasteiger partial charge >= 0.3 is 0 Å². The molecule has 0 unspecified atom stereocenters. The normalized spacial score (nSPS) is 11.3. The predicted octanol–water partition coefficient (Wildman–Crippen LogP) is 4.43. The van der Waals surface area contributed by atoms with E-state index in [1.165, 1.54) is 17.0 Å². The van der Waals surface area contributed by atoms with Crippen LogP contribution in [-0.4, -0.2) is 0 Å². The topological polar surface area (TPSA) is 0 Å². The molecule has 1 rings (SSSR count). The van der Waals surface area contributed by atoms with Crippen LogP contribution in [0.3, 0.4) is 0 Å². The lowest BCUT2D eigenvalue weighted by molar-refractivity contribution is 0.849. The van der Waals surface area contributed by atoms with E-state index >= 15 is 0 Å². The molecule has 0 fully saturated rings. The molecule has 0 aliphatic rings. The molecule has 0 N–H and O–H groups in total. The van der Waals surface area contributed by atoms with Gasteiger partial charge in [0, 0.05) is 5.02 Å². The Labute approximate surface area is 85.9 Å². The van der Waals surface area contributed by atoms with Crippen molar-refractivity contribution in [3.63, 3.8) is 0 Å². The average Bonchev–Trinajstić information content (AvgIpc) is 2.03. The SMILES string of the molecule is C[C](C)c1cc(Cl)ccc1C(C)C. The highest BCUT2D eigenvalue weighted by atomic mass is 35.5. The Hall–Kier alpha value is -0.490. The molecule has 1 aromatic carbocycles. The van der Waals surface area contributed by atoms with Crippen LogP contribution in [-0.2, 0) is 0 Å². The highest BCUT2D eigenvalue weighted by Gasteiger charge is 2.10. The number of rotatable bonds is 2. The molecule has 0 saturated heterocycles. The van der Waals surface area contributed by atoms with E-state index in [-0.39, 0.29) is 0 Å². The molecule has 13 heavy (non-hydrogen) atoms. The minimum Gasteiger partial charge on any atom is -0.0843 e. The van der Waals surface area contributed by atoms with Crippen LogP contribution in [0.5, 0.6) is 0 Å². The van der Waals surface area contributed by atoms with Crippen LogP contribution in [0.4, 0.5) is 0 Å². The lowest BCUT2D eigenvalue weighted by Crippen LogP contribution is -1.98. The Balaban J connectivity index is 3.19. The minimum atomic E-state index is 0.558. The van der Waals surface area contributed by atoms with Gasteiger partial charge in [0.05, 0.1) is 0 Å². The fourth-order valence-corrected chi connectivity index (χ4v) is 1.64. The van der Waals surface area contributed by atoms with E-state index in [1.54, 1.807) is 0 Å². The molecule has 71 valence electrons. The summed E-state index contributed by atoms with van der Waals surface area (Å²) in [5.74, 6) is 1.88. The summed E-state index contributed by atoms with van der Waals surface area (Å²) in [6, 6.07) is 6.13. The van der Waals surface area contributed by atoms with E-state index < -0.39 is 0 Å². The van der Waals surface area contributed by atoms with E-state index in [0.717, 1.165) is 5.02 Å². The third-order valence-electron chi connectivity index (χ3n) is 2.18. The summed E-state index contributed by atoms with van der Waals surface area (Å²) >= 11 is 5.95. The Kier molecular flexibility index (Phi) is 3.38. The van der Waals surface area contributed by atoms with Crippen LogP contribution < -0.4 is 0 Å². The van der Waals surface area contributed by atoms with Gasteiger partial charge in [-0.15, -0.1) is 0 Å². The zero-order valence-electron chi connectivity index (χ0n) is 8.69. The van der Waals surface area contributed by atoms with Crippen molar-refractivity contribution in [3.05, 3.63) is 40.3 Å². The summed E-state index contributed by atoms with van der Waals surface area (Å²) in [7, 11) is 0. The molecule has 0 aliphatic heterocycles. The quantitative estimate of drug-likeness (QED) is 0.655. The van der Waals surface area contributed by atoms with Crippen LogP contribution in [0, 0.1) is 5.92 Å². The van der Waals surface area contributed by atoms with Crippen LogP contribution in [0.15, 0.2) is 18.2 Å². The van der Waals surface area contributed by atoms with Crippen molar-refractivity contribution >= 4 is 11.6 Å². The molecule has 1 heteroatoms. The van der Waals surface area contributed by atoms with Gasteiger partial charge in [0.1, 0.15) is 0 Å². The zero-order valence-corrected chi connectivity index (χ0v) is 9.44. The van der Waals surface area contributed by atoms with Gasteiger partial charge in [-0.25, -0.2) is 0 Å². The van der Waals surface area contributed by atoms with Gasteiger partial charge in [-0.1, -0.05) is 45.4 Å². The molecule has 0 heterocycles. The molecule has 0 amide bonds. The van der Waals surface area contributed by atoms with Gasteiger partial charge in [-0.2, -0.15) is 0 Å². The van der Waals surface area contributed by atoms with Crippen molar-refractivity contribution < 1.29 is 0 Å². The summed E-state index contributed by atoms with van der Waals surface area (Å²) in [5.41, 5.74) is 2.67. The maximum Gasteiger partial charge on any atom is 0.0409 e. The smallest absolute Gasteiger partial charge is 0.0409 e. The number of hydrogen-bond donors (Lipinski definition) is 0. The Morgan fingerprint density at radius 2 is 1.85 bits per heavy atom. The maximum atomic E-state index is 5.95. The molecule has 1 aromatic rings. The summed E-state index contributed by atoms with van der Waals surface area (Å²) in [4.78, 5) is 0. The highest BCUT2D eigenvalue weighted by molar-refractivity contribution is 6.30. The van der Waals surface area contributed by atoms with E-state index in [0.29, 0.717) is 5.92 Å². The Morgan fingerprint density at radius 3 is 2.31 bits per heavy atom. The first kappa shape index (κ1) is 10.6. The van der Waals surface area contributed by atoms with Crippen LogP contribution in [0.1, 0.15) is 44.7 Å². The highest BCUT2D eigenvalue weighted by Crippen LogP contribution is 2.27. The first-order valence-corrected chi connectivity index (χ1v) is 5.00. The van der Waals surface area contributed by atoms with Gasteiger partial charge in [-0.3, -0.25) is 0 Å². The van der Waals surface area contributed by atoms with Gasteiger partial charge in [0.15, 0.2) is 0 Å². The molecule has 0 atom stereocenters. The van der Waals surface area contributed by atoms with E-state index in [9.17, 15) is 0 Å². The molecular formula is C12H16Cl. The summed E-state index contributed by atoms with van der Waals surface area (Å²) < 4.78 is 0. The van der Waals surface area contributed by atoms with Crippen molar-refractivity contribution in [1.82, 2.24) is 0 Å². The number of hydrogen-bond acceptors (Lipinski definition) is 0. The third-order valence-corrected chi connectivity index (χ3v) is 2.41. The molecule has 0 spiro atoms. The monoisotopic (exact) mass is 195 g/mol. The minimum absolute atomic E-state index is 0.558.